The number of aliphatic hydroxyl groups excluding tert-OH is 1. The summed E-state index contributed by atoms with van der Waals surface area (Å²) in [6, 6.07) is 4.61. The molecule has 12 heteroatoms. The van der Waals surface area contributed by atoms with Crippen LogP contribution in [0.15, 0.2) is 24.3 Å². The first-order valence-corrected chi connectivity index (χ1v) is 7.85. The number of nitro benzene ring substituents is 1. The van der Waals surface area contributed by atoms with Crippen molar-refractivity contribution in [1.82, 2.24) is 16.0 Å². The van der Waals surface area contributed by atoms with Gasteiger partial charge in [-0.05, 0) is 12.0 Å². The second-order valence-corrected chi connectivity index (χ2v) is 5.51. The SMILES string of the molecule is NC(Cc1ccc([N+](=O)[O-])cc1)C(=O)NCC(=O)NCC(=O)NCC(O)O. The fraction of sp³-hybridized carbons (Fsp3) is 0.400. The molecule has 0 bridgehead atoms. The number of hydrogen-bond donors (Lipinski definition) is 6. The molecule has 0 aliphatic carbocycles. The molecule has 12 nitrogen and oxygen atoms in total. The molecule has 1 rings (SSSR count). The van der Waals surface area contributed by atoms with E-state index in [0.29, 0.717) is 5.56 Å². The minimum atomic E-state index is -1.69. The number of carbonyl (C=O) groups is 3. The van der Waals surface area contributed by atoms with E-state index in [1.54, 1.807) is 0 Å². The van der Waals surface area contributed by atoms with Crippen molar-refractivity contribution in [2.24, 2.45) is 5.73 Å². The van der Waals surface area contributed by atoms with Crippen LogP contribution in [0.4, 0.5) is 5.69 Å². The molecular formula is C15H21N5O7. The van der Waals surface area contributed by atoms with Gasteiger partial charge in [-0.1, -0.05) is 12.1 Å². The Hall–Kier alpha value is -3.09. The van der Waals surface area contributed by atoms with Gasteiger partial charge in [0.15, 0.2) is 6.29 Å². The lowest BCUT2D eigenvalue weighted by Crippen LogP contribution is -2.47. The molecule has 7 N–H and O–H groups in total. The molecule has 27 heavy (non-hydrogen) atoms. The molecule has 1 unspecified atom stereocenters. The van der Waals surface area contributed by atoms with Gasteiger partial charge in [0.1, 0.15) is 0 Å². The number of aliphatic hydroxyl groups is 2. The van der Waals surface area contributed by atoms with Gasteiger partial charge >= 0.3 is 0 Å². The molecule has 0 aliphatic rings. The molecule has 0 spiro atoms. The second-order valence-electron chi connectivity index (χ2n) is 5.51. The van der Waals surface area contributed by atoms with Crippen molar-refractivity contribution in [2.75, 3.05) is 19.6 Å². The van der Waals surface area contributed by atoms with Gasteiger partial charge in [-0.3, -0.25) is 24.5 Å². The highest BCUT2D eigenvalue weighted by molar-refractivity contribution is 5.89. The third-order valence-corrected chi connectivity index (χ3v) is 3.29. The summed E-state index contributed by atoms with van der Waals surface area (Å²) in [5.74, 6) is -1.86. The average molecular weight is 383 g/mol. The molecular weight excluding hydrogens is 362 g/mol. The minimum Gasteiger partial charge on any atom is -0.367 e. The average Bonchev–Trinajstić information content (AvgIpc) is 2.62. The van der Waals surface area contributed by atoms with Crippen molar-refractivity contribution in [2.45, 2.75) is 18.8 Å². The van der Waals surface area contributed by atoms with Crippen LogP contribution >= 0.6 is 0 Å². The molecule has 1 aromatic rings. The van der Waals surface area contributed by atoms with Crippen LogP contribution in [0.25, 0.3) is 0 Å². The predicted octanol–water partition coefficient (Wildman–Crippen LogP) is -2.88. The molecule has 0 aliphatic heterocycles. The van der Waals surface area contributed by atoms with Gasteiger partial charge in [0.2, 0.25) is 17.7 Å². The summed E-state index contributed by atoms with van der Waals surface area (Å²) in [5, 5.41) is 34.5. The Bertz CT molecular complexity index is 678. The van der Waals surface area contributed by atoms with E-state index in [9.17, 15) is 24.5 Å². The highest BCUT2D eigenvalue weighted by atomic mass is 16.6. The van der Waals surface area contributed by atoms with Crippen LogP contribution in [-0.4, -0.2) is 64.8 Å². The summed E-state index contributed by atoms with van der Waals surface area (Å²) in [7, 11) is 0. The number of nitrogens with two attached hydrogens (primary N) is 1. The van der Waals surface area contributed by atoms with E-state index in [4.69, 9.17) is 15.9 Å². The summed E-state index contributed by atoms with van der Waals surface area (Å²) < 4.78 is 0. The molecule has 1 atom stereocenters. The normalized spacial score (nSPS) is 11.6. The molecule has 148 valence electrons. The molecule has 0 fully saturated rings. The standard InChI is InChI=1S/C15H21N5O7/c16-11(5-9-1-3-10(4-2-9)20(26)27)15(25)19-7-13(22)17-6-12(21)18-8-14(23)24/h1-4,11,14,23-24H,5-8,16H2,(H,17,22)(H,18,21)(H,19,25). The fourth-order valence-electron chi connectivity index (χ4n) is 1.91. The second kappa shape index (κ2) is 10.8. The van der Waals surface area contributed by atoms with E-state index in [1.165, 1.54) is 24.3 Å². The first-order valence-electron chi connectivity index (χ1n) is 7.85. The van der Waals surface area contributed by atoms with Crippen LogP contribution in [0.1, 0.15) is 5.56 Å². The van der Waals surface area contributed by atoms with Crippen molar-refractivity contribution < 1.29 is 29.5 Å². The number of nitrogens with zero attached hydrogens (tertiary/aromatic N) is 1. The summed E-state index contributed by atoms with van der Waals surface area (Å²) in [5.41, 5.74) is 6.28. The van der Waals surface area contributed by atoms with Gasteiger partial charge in [-0.15, -0.1) is 0 Å². The Kier molecular flexibility index (Phi) is 8.78. The summed E-state index contributed by atoms with van der Waals surface area (Å²) in [6.45, 7) is -1.16. The van der Waals surface area contributed by atoms with Crippen molar-refractivity contribution >= 4 is 23.4 Å². The van der Waals surface area contributed by atoms with E-state index in [1.807, 2.05) is 0 Å². The number of non-ortho nitro benzene ring substituents is 1. The highest BCUT2D eigenvalue weighted by Crippen LogP contribution is 2.12. The topological polar surface area (TPSA) is 197 Å². The molecule has 0 aromatic heterocycles. The van der Waals surface area contributed by atoms with Gasteiger partial charge in [-0.2, -0.15) is 0 Å². The van der Waals surface area contributed by atoms with Crippen molar-refractivity contribution in [1.29, 1.82) is 0 Å². The molecule has 0 saturated heterocycles. The predicted molar refractivity (Wildman–Crippen MR) is 92.0 cm³/mol. The largest absolute Gasteiger partial charge is 0.367 e. The summed E-state index contributed by atoms with van der Waals surface area (Å²) in [6.07, 6.45) is -1.57. The van der Waals surface area contributed by atoms with E-state index in [0.717, 1.165) is 0 Å². The summed E-state index contributed by atoms with van der Waals surface area (Å²) >= 11 is 0. The van der Waals surface area contributed by atoms with Crippen molar-refractivity contribution in [3.63, 3.8) is 0 Å². The first kappa shape index (κ1) is 22.0. The molecule has 0 heterocycles. The Morgan fingerprint density at radius 1 is 1.04 bits per heavy atom. The van der Waals surface area contributed by atoms with Crippen LogP contribution in [0.3, 0.4) is 0 Å². The molecule has 0 saturated carbocycles. The number of nitrogens with one attached hydrogen (secondary N) is 3. The lowest BCUT2D eigenvalue weighted by atomic mass is 10.1. The highest BCUT2D eigenvalue weighted by Gasteiger charge is 2.16. The number of rotatable bonds is 10. The molecule has 1 aromatic carbocycles. The van der Waals surface area contributed by atoms with E-state index >= 15 is 0 Å². The summed E-state index contributed by atoms with van der Waals surface area (Å²) in [4.78, 5) is 44.8. The van der Waals surface area contributed by atoms with Crippen LogP contribution in [0.5, 0.6) is 0 Å². The maximum Gasteiger partial charge on any atom is 0.269 e. The third-order valence-electron chi connectivity index (χ3n) is 3.29. The molecule has 3 amide bonds. The van der Waals surface area contributed by atoms with E-state index in [2.05, 4.69) is 16.0 Å². The number of nitro groups is 1. The zero-order valence-electron chi connectivity index (χ0n) is 14.3. The number of benzene rings is 1. The van der Waals surface area contributed by atoms with Gasteiger partial charge in [-0.25, -0.2) is 0 Å². The Balaban J connectivity index is 2.33. The molecule has 0 radical (unpaired) electrons. The van der Waals surface area contributed by atoms with Crippen molar-refractivity contribution in [3.8, 4) is 0 Å². The van der Waals surface area contributed by atoms with Gasteiger partial charge < -0.3 is 31.9 Å². The van der Waals surface area contributed by atoms with Crippen molar-refractivity contribution in [3.05, 3.63) is 39.9 Å². The van der Waals surface area contributed by atoms with E-state index in [-0.39, 0.29) is 18.7 Å². The Morgan fingerprint density at radius 3 is 2.15 bits per heavy atom. The Morgan fingerprint density at radius 2 is 1.59 bits per heavy atom. The quantitative estimate of drug-likeness (QED) is 0.141. The van der Waals surface area contributed by atoms with Gasteiger partial charge in [0.25, 0.3) is 5.69 Å². The fourth-order valence-corrected chi connectivity index (χ4v) is 1.91. The van der Waals surface area contributed by atoms with Crippen LogP contribution < -0.4 is 21.7 Å². The lowest BCUT2D eigenvalue weighted by molar-refractivity contribution is -0.384. The maximum absolute atomic E-state index is 11.9. The zero-order valence-corrected chi connectivity index (χ0v) is 14.3. The van der Waals surface area contributed by atoms with Gasteiger partial charge in [0.05, 0.1) is 30.6 Å². The smallest absolute Gasteiger partial charge is 0.269 e. The number of hydrogen-bond acceptors (Lipinski definition) is 8. The lowest BCUT2D eigenvalue weighted by Gasteiger charge is -2.12. The van der Waals surface area contributed by atoms with Crippen LogP contribution in [0.2, 0.25) is 0 Å². The first-order chi connectivity index (χ1) is 12.7. The number of carbonyl (C=O) groups excluding carboxylic acids is 3. The van der Waals surface area contributed by atoms with Crippen LogP contribution in [-0.2, 0) is 20.8 Å². The number of amides is 3. The third kappa shape index (κ3) is 8.71. The zero-order chi connectivity index (χ0) is 20.4. The van der Waals surface area contributed by atoms with Crippen LogP contribution in [0, 0.1) is 10.1 Å². The monoisotopic (exact) mass is 383 g/mol. The minimum absolute atomic E-state index is 0.0778. The maximum atomic E-state index is 11.9. The van der Waals surface area contributed by atoms with Gasteiger partial charge in [0, 0.05) is 12.1 Å². The Labute approximate surface area is 153 Å². The van der Waals surface area contributed by atoms with E-state index < -0.39 is 48.1 Å².